The normalized spacial score (nSPS) is 15.5. The molecule has 1 aliphatic rings. The molecule has 4 heteroatoms. The number of amides is 1. The Morgan fingerprint density at radius 2 is 2.00 bits per heavy atom. The summed E-state index contributed by atoms with van der Waals surface area (Å²) >= 11 is 0. The summed E-state index contributed by atoms with van der Waals surface area (Å²) < 4.78 is 5.17. The molecule has 0 aliphatic heterocycles. The molecule has 1 aromatic carbocycles. The second-order valence-electron chi connectivity index (χ2n) is 5.70. The van der Waals surface area contributed by atoms with Gasteiger partial charge in [-0.1, -0.05) is 49.1 Å². The van der Waals surface area contributed by atoms with Crippen molar-refractivity contribution in [1.29, 1.82) is 0 Å². The lowest BCUT2D eigenvalue weighted by atomic mass is 9.89. The number of nitrogens with one attached hydrogen (secondary N) is 1. The smallest absolute Gasteiger partial charge is 0.325 e. The van der Waals surface area contributed by atoms with Crippen LogP contribution in [0.5, 0.6) is 0 Å². The van der Waals surface area contributed by atoms with E-state index in [2.05, 4.69) is 5.32 Å². The standard InChI is InChI=1S/C17H23NO3/c1-13-6-5-7-14(10-13)12-21-16(19)11-18-17(20)15-8-3-2-4-9-15/h5-7,10,15H,2-4,8-9,11-12H2,1H3,(H,18,20). The molecular formula is C17H23NO3. The van der Waals surface area contributed by atoms with Crippen LogP contribution in [0.1, 0.15) is 43.2 Å². The van der Waals surface area contributed by atoms with Crippen LogP contribution >= 0.6 is 0 Å². The molecule has 2 rings (SSSR count). The van der Waals surface area contributed by atoms with Crippen molar-refractivity contribution in [2.45, 2.75) is 45.6 Å². The van der Waals surface area contributed by atoms with Gasteiger partial charge in [0, 0.05) is 5.92 Å². The zero-order valence-electron chi connectivity index (χ0n) is 12.6. The van der Waals surface area contributed by atoms with Gasteiger partial charge in [-0.2, -0.15) is 0 Å². The van der Waals surface area contributed by atoms with E-state index in [1.54, 1.807) is 0 Å². The molecule has 1 saturated carbocycles. The summed E-state index contributed by atoms with van der Waals surface area (Å²) in [4.78, 5) is 23.6. The maximum atomic E-state index is 11.9. The number of hydrogen-bond donors (Lipinski definition) is 1. The fourth-order valence-electron chi connectivity index (χ4n) is 2.69. The Bertz CT molecular complexity index is 493. The minimum atomic E-state index is -0.388. The Balaban J connectivity index is 1.68. The highest BCUT2D eigenvalue weighted by atomic mass is 16.5. The molecule has 0 bridgehead atoms. The summed E-state index contributed by atoms with van der Waals surface area (Å²) in [7, 11) is 0. The average Bonchev–Trinajstić information content (AvgIpc) is 2.51. The summed E-state index contributed by atoms with van der Waals surface area (Å²) in [6.07, 6.45) is 5.29. The topological polar surface area (TPSA) is 55.4 Å². The first-order valence-corrected chi connectivity index (χ1v) is 7.64. The molecule has 1 aromatic rings. The molecule has 1 fully saturated rings. The summed E-state index contributed by atoms with van der Waals surface area (Å²) in [5, 5.41) is 2.69. The highest BCUT2D eigenvalue weighted by molar-refractivity contribution is 5.83. The van der Waals surface area contributed by atoms with Crippen molar-refractivity contribution in [1.82, 2.24) is 5.32 Å². The Labute approximate surface area is 125 Å². The largest absolute Gasteiger partial charge is 0.460 e. The van der Waals surface area contributed by atoms with Crippen molar-refractivity contribution in [3.8, 4) is 0 Å². The van der Waals surface area contributed by atoms with Crippen molar-refractivity contribution in [2.24, 2.45) is 5.92 Å². The summed E-state index contributed by atoms with van der Waals surface area (Å²) in [5.41, 5.74) is 2.09. The zero-order valence-corrected chi connectivity index (χ0v) is 12.6. The van der Waals surface area contributed by atoms with Crippen molar-refractivity contribution >= 4 is 11.9 Å². The summed E-state index contributed by atoms with van der Waals surface area (Å²) in [6, 6.07) is 7.83. The van der Waals surface area contributed by atoms with Gasteiger partial charge in [0.25, 0.3) is 0 Å². The highest BCUT2D eigenvalue weighted by Gasteiger charge is 2.21. The minimum Gasteiger partial charge on any atom is -0.460 e. The Hall–Kier alpha value is -1.84. The van der Waals surface area contributed by atoms with Gasteiger partial charge in [0.05, 0.1) is 0 Å². The van der Waals surface area contributed by atoms with Gasteiger partial charge in [0.15, 0.2) is 0 Å². The number of ether oxygens (including phenoxy) is 1. The molecule has 0 heterocycles. The molecule has 0 atom stereocenters. The first kappa shape index (κ1) is 15.5. The van der Waals surface area contributed by atoms with Crippen LogP contribution in [0.2, 0.25) is 0 Å². The van der Waals surface area contributed by atoms with Crippen LogP contribution in [-0.4, -0.2) is 18.4 Å². The van der Waals surface area contributed by atoms with Gasteiger partial charge in [0.1, 0.15) is 13.2 Å². The predicted octanol–water partition coefficient (Wildman–Crippen LogP) is 2.73. The van der Waals surface area contributed by atoms with Crippen LogP contribution in [0.25, 0.3) is 0 Å². The van der Waals surface area contributed by atoms with E-state index in [0.717, 1.165) is 36.8 Å². The lowest BCUT2D eigenvalue weighted by molar-refractivity contribution is -0.145. The van der Waals surface area contributed by atoms with Gasteiger partial charge in [-0.05, 0) is 25.3 Å². The Morgan fingerprint density at radius 3 is 2.71 bits per heavy atom. The van der Waals surface area contributed by atoms with E-state index in [4.69, 9.17) is 4.74 Å². The molecular weight excluding hydrogens is 266 g/mol. The molecule has 4 nitrogen and oxygen atoms in total. The predicted molar refractivity (Wildman–Crippen MR) is 80.6 cm³/mol. The second kappa shape index (κ2) is 7.81. The van der Waals surface area contributed by atoms with E-state index in [1.165, 1.54) is 6.42 Å². The van der Waals surface area contributed by atoms with Crippen LogP contribution in [0.15, 0.2) is 24.3 Å². The van der Waals surface area contributed by atoms with E-state index >= 15 is 0 Å². The number of aryl methyl sites for hydroxylation is 1. The SMILES string of the molecule is Cc1cccc(COC(=O)CNC(=O)C2CCCCC2)c1. The van der Waals surface area contributed by atoms with Gasteiger partial charge in [0.2, 0.25) is 5.91 Å². The number of esters is 1. The molecule has 0 unspecified atom stereocenters. The molecule has 0 aromatic heterocycles. The third-order valence-corrected chi connectivity index (χ3v) is 3.87. The van der Waals surface area contributed by atoms with Gasteiger partial charge >= 0.3 is 5.97 Å². The van der Waals surface area contributed by atoms with Gasteiger partial charge < -0.3 is 10.1 Å². The maximum Gasteiger partial charge on any atom is 0.325 e. The molecule has 1 aliphatic carbocycles. The van der Waals surface area contributed by atoms with Crippen LogP contribution in [-0.2, 0) is 20.9 Å². The highest BCUT2D eigenvalue weighted by Crippen LogP contribution is 2.23. The van der Waals surface area contributed by atoms with Crippen molar-refractivity contribution < 1.29 is 14.3 Å². The first-order valence-electron chi connectivity index (χ1n) is 7.64. The third-order valence-electron chi connectivity index (χ3n) is 3.87. The number of carbonyl (C=O) groups is 2. The molecule has 0 spiro atoms. The fourth-order valence-corrected chi connectivity index (χ4v) is 2.69. The van der Waals surface area contributed by atoms with Gasteiger partial charge in [-0.25, -0.2) is 0 Å². The van der Waals surface area contributed by atoms with Gasteiger partial charge in [-0.15, -0.1) is 0 Å². The fraction of sp³-hybridized carbons (Fsp3) is 0.529. The quantitative estimate of drug-likeness (QED) is 0.848. The Kier molecular flexibility index (Phi) is 5.78. The van der Waals surface area contributed by atoms with Crippen LogP contribution < -0.4 is 5.32 Å². The number of carbonyl (C=O) groups excluding carboxylic acids is 2. The number of hydrogen-bond acceptors (Lipinski definition) is 3. The van der Waals surface area contributed by atoms with Crippen molar-refractivity contribution in [2.75, 3.05) is 6.54 Å². The third kappa shape index (κ3) is 5.21. The molecule has 1 amide bonds. The monoisotopic (exact) mass is 289 g/mol. The minimum absolute atomic E-state index is 0.0118. The van der Waals surface area contributed by atoms with E-state index in [-0.39, 0.29) is 30.9 Å². The van der Waals surface area contributed by atoms with Crippen LogP contribution in [0.3, 0.4) is 0 Å². The number of rotatable bonds is 5. The molecule has 114 valence electrons. The zero-order chi connectivity index (χ0) is 15.1. The molecule has 0 radical (unpaired) electrons. The molecule has 1 N–H and O–H groups in total. The molecule has 21 heavy (non-hydrogen) atoms. The van der Waals surface area contributed by atoms with E-state index in [0.29, 0.717) is 0 Å². The Morgan fingerprint density at radius 1 is 1.24 bits per heavy atom. The van der Waals surface area contributed by atoms with Crippen LogP contribution in [0, 0.1) is 12.8 Å². The second-order valence-corrected chi connectivity index (χ2v) is 5.70. The van der Waals surface area contributed by atoms with Crippen molar-refractivity contribution in [3.05, 3.63) is 35.4 Å². The first-order chi connectivity index (χ1) is 10.1. The van der Waals surface area contributed by atoms with E-state index in [1.807, 2.05) is 31.2 Å². The van der Waals surface area contributed by atoms with Gasteiger partial charge in [-0.3, -0.25) is 9.59 Å². The maximum absolute atomic E-state index is 11.9. The summed E-state index contributed by atoms with van der Waals surface area (Å²) in [5.74, 6) is -0.328. The van der Waals surface area contributed by atoms with Crippen molar-refractivity contribution in [3.63, 3.8) is 0 Å². The van der Waals surface area contributed by atoms with E-state index in [9.17, 15) is 9.59 Å². The lowest BCUT2D eigenvalue weighted by Gasteiger charge is -2.20. The molecule has 0 saturated heterocycles. The van der Waals surface area contributed by atoms with Crippen LogP contribution in [0.4, 0.5) is 0 Å². The van der Waals surface area contributed by atoms with E-state index < -0.39 is 0 Å². The lowest BCUT2D eigenvalue weighted by Crippen LogP contribution is -2.36. The average molecular weight is 289 g/mol. The number of benzene rings is 1. The summed E-state index contributed by atoms with van der Waals surface area (Å²) in [6.45, 7) is 2.21.